The summed E-state index contributed by atoms with van der Waals surface area (Å²) in [6, 6.07) is 0. The molecule has 0 aromatic heterocycles. The molecule has 7 heteroatoms. The molecule has 0 radical (unpaired) electrons. The highest BCUT2D eigenvalue weighted by Crippen LogP contribution is 2.47. The van der Waals surface area contributed by atoms with Crippen LogP contribution >= 0.6 is 30.9 Å². The zero-order valence-corrected chi connectivity index (χ0v) is 9.65. The fourth-order valence-corrected chi connectivity index (χ4v) is 2.59. The molecule has 1 aliphatic heterocycles. The Labute approximate surface area is 104 Å². The van der Waals surface area contributed by atoms with E-state index in [1.807, 2.05) is 0 Å². The predicted octanol–water partition coefficient (Wildman–Crippen LogP) is 1.88. The lowest BCUT2D eigenvalue weighted by Crippen LogP contribution is -2.35. The van der Waals surface area contributed by atoms with Gasteiger partial charge >= 0.3 is 7.67 Å². The highest BCUT2D eigenvalue weighted by molar-refractivity contribution is 7.54. The summed E-state index contributed by atoms with van der Waals surface area (Å²) in [5, 5.41) is 0.227. The number of nitrogens with one attached hydrogen (secondary N) is 1. The molecular weight excluding hydrogens is 246 g/mol. The highest BCUT2D eigenvalue weighted by atomic mass is 35.5. The Bertz CT molecular complexity index is 425. The van der Waals surface area contributed by atoms with Gasteiger partial charge in [-0.2, -0.15) is 0 Å². The van der Waals surface area contributed by atoms with E-state index >= 15 is 0 Å². The third kappa shape index (κ3) is 3.37. The van der Waals surface area contributed by atoms with Gasteiger partial charge in [0.25, 0.3) is 0 Å². The number of halogens is 2. The molecule has 1 N–H and O–H groups in total. The molecule has 4 nitrogen and oxygen atoms in total. The average Bonchev–Trinajstić information content (AvgIpc) is 2.34. The van der Waals surface area contributed by atoms with E-state index in [1.54, 1.807) is 0 Å². The van der Waals surface area contributed by atoms with Crippen LogP contribution in [0.4, 0.5) is 0 Å². The van der Waals surface area contributed by atoms with E-state index < -0.39 is 51.9 Å². The van der Waals surface area contributed by atoms with Gasteiger partial charge in [0.05, 0.1) is 6.61 Å². The third-order valence-electron chi connectivity index (χ3n) is 1.37. The molecule has 1 saturated heterocycles. The van der Waals surface area contributed by atoms with Crippen molar-refractivity contribution < 1.29 is 18.7 Å². The van der Waals surface area contributed by atoms with E-state index in [-0.39, 0.29) is 9.75 Å². The topological polar surface area (TPSA) is 41.6 Å². The van der Waals surface area contributed by atoms with Crippen molar-refractivity contribution in [3.8, 4) is 0 Å². The second-order valence-electron chi connectivity index (χ2n) is 2.21. The molecular formula is C7H15Cl2N2O2P. The van der Waals surface area contributed by atoms with Crippen LogP contribution in [0.15, 0.2) is 0 Å². The fraction of sp³-hybridized carbons (Fsp3) is 1.00. The smallest absolute Gasteiger partial charge is 0.306 e. The van der Waals surface area contributed by atoms with Crippen molar-refractivity contribution in [2.24, 2.45) is 0 Å². The van der Waals surface area contributed by atoms with Crippen LogP contribution in [0.25, 0.3) is 0 Å². The van der Waals surface area contributed by atoms with Crippen LogP contribution in [0.5, 0.6) is 0 Å². The van der Waals surface area contributed by atoms with Crippen LogP contribution in [0.3, 0.4) is 0 Å². The lowest BCUT2D eigenvalue weighted by molar-refractivity contribution is 0.233. The molecule has 0 spiro atoms. The first-order valence-electron chi connectivity index (χ1n) is 7.21. The van der Waals surface area contributed by atoms with Crippen LogP contribution in [0.1, 0.15) is 14.6 Å². The summed E-state index contributed by atoms with van der Waals surface area (Å²) in [6.45, 7) is -6.51. The Balaban J connectivity index is 3.30. The maximum atomic E-state index is 12.8. The molecule has 1 fully saturated rings. The minimum Gasteiger partial charge on any atom is -0.306 e. The lowest BCUT2D eigenvalue weighted by Gasteiger charge is -2.33. The standard InChI is InChI=1S/C7H15Cl2N2O2P/c8-2-5-11(6-3-9)14(12)10-4-1-7-13-14/h1-7H2,(H,10,12)/i1D2,5D2,6D2/hD. The van der Waals surface area contributed by atoms with Crippen molar-refractivity contribution in [1.29, 1.82) is 0 Å². The number of alkyl halides is 2. The number of nitrogens with zero attached hydrogens (tertiary/aromatic N) is 1. The maximum Gasteiger partial charge on any atom is 0.343 e. The molecule has 1 unspecified atom stereocenters. The Kier molecular flexibility index (Phi) is 2.64. The molecule has 0 saturated carbocycles. The largest absolute Gasteiger partial charge is 0.343 e. The SMILES string of the molecule is [2H]N1CC([2H])([2H])COP1(=O)N(C([2H])([2H])CCl)C([2H])([2H])CCl. The quantitative estimate of drug-likeness (QED) is 0.610. The van der Waals surface area contributed by atoms with Gasteiger partial charge in [0.15, 0.2) is 0 Å². The zero-order chi connectivity index (χ0) is 16.7. The average molecular weight is 268 g/mol. The monoisotopic (exact) mass is 267 g/mol. The molecule has 14 heavy (non-hydrogen) atoms. The van der Waals surface area contributed by atoms with E-state index in [0.29, 0.717) is 0 Å². The number of rotatable bonds is 5. The van der Waals surface area contributed by atoms with E-state index in [0.717, 1.165) is 0 Å². The number of hydrogen-bond donors (Lipinski definition) is 1. The molecule has 0 aliphatic carbocycles. The van der Waals surface area contributed by atoms with E-state index in [4.69, 9.17) is 37.4 Å². The van der Waals surface area contributed by atoms with Crippen molar-refractivity contribution in [3.63, 3.8) is 0 Å². The first-order chi connectivity index (χ1) is 9.32. The molecule has 0 aromatic rings. The summed E-state index contributed by atoms with van der Waals surface area (Å²) < 4.78 is 71.5. The van der Waals surface area contributed by atoms with Crippen LogP contribution in [-0.4, -0.2) is 42.6 Å². The Morgan fingerprint density at radius 1 is 1.64 bits per heavy atom. The van der Waals surface area contributed by atoms with Gasteiger partial charge < -0.3 is 4.52 Å². The van der Waals surface area contributed by atoms with Gasteiger partial charge in [-0.1, -0.05) is 0 Å². The normalized spacial score (nSPS) is 42.6. The third-order valence-corrected chi connectivity index (χ3v) is 3.36. The minimum atomic E-state index is -4.50. The molecule has 1 aliphatic rings. The second kappa shape index (κ2) is 6.31. The molecule has 0 amide bonds. The predicted molar refractivity (Wildman–Crippen MR) is 59.2 cm³/mol. The molecule has 0 bridgehead atoms. The van der Waals surface area contributed by atoms with Crippen molar-refractivity contribution in [2.75, 3.05) is 37.9 Å². The highest BCUT2D eigenvalue weighted by Gasteiger charge is 2.32. The van der Waals surface area contributed by atoms with Crippen molar-refractivity contribution in [2.45, 2.75) is 6.37 Å². The van der Waals surface area contributed by atoms with Crippen molar-refractivity contribution in [1.82, 2.24) is 9.75 Å². The first kappa shape index (κ1) is 5.85. The van der Waals surface area contributed by atoms with E-state index in [9.17, 15) is 4.57 Å². The maximum absolute atomic E-state index is 12.8. The van der Waals surface area contributed by atoms with Gasteiger partial charge in [-0.15, -0.1) is 23.2 Å². The summed E-state index contributed by atoms with van der Waals surface area (Å²) in [6.07, 6.45) is -1.96. The lowest BCUT2D eigenvalue weighted by atomic mass is 10.5. The van der Waals surface area contributed by atoms with E-state index in [1.165, 1.54) is 0 Å². The summed E-state index contributed by atoms with van der Waals surface area (Å²) in [5.41, 5.74) is 0. The van der Waals surface area contributed by atoms with Crippen molar-refractivity contribution in [3.05, 3.63) is 0 Å². The van der Waals surface area contributed by atoms with Gasteiger partial charge in [-0.3, -0.25) is 4.57 Å². The summed E-state index contributed by atoms with van der Waals surface area (Å²) in [7, 11) is -4.50. The zero-order valence-electron chi connectivity index (χ0n) is 14.2. The molecule has 0 aromatic carbocycles. The summed E-state index contributed by atoms with van der Waals surface area (Å²) in [5.74, 6) is -1.48. The van der Waals surface area contributed by atoms with Gasteiger partial charge in [0.1, 0.15) is 1.41 Å². The van der Waals surface area contributed by atoms with E-state index in [2.05, 4.69) is 0 Å². The Morgan fingerprint density at radius 3 is 2.79 bits per heavy atom. The van der Waals surface area contributed by atoms with Gasteiger partial charge in [0, 0.05) is 39.5 Å². The minimum absolute atomic E-state index is 0.204. The fourth-order valence-electron chi connectivity index (χ4n) is 0.824. The van der Waals surface area contributed by atoms with Crippen LogP contribution < -0.4 is 5.08 Å². The van der Waals surface area contributed by atoms with Crippen LogP contribution in [0, 0.1) is 0 Å². The summed E-state index contributed by atoms with van der Waals surface area (Å²) >= 11 is 11.0. The number of hydrogen-bond acceptors (Lipinski definition) is 2. The van der Waals surface area contributed by atoms with Gasteiger partial charge in [-0.05, 0) is 6.37 Å². The Hall–Kier alpha value is 0.690. The van der Waals surface area contributed by atoms with Crippen LogP contribution in [0.2, 0.25) is 1.41 Å². The molecule has 1 atom stereocenters. The molecule has 1 rings (SSSR count). The van der Waals surface area contributed by atoms with Crippen LogP contribution in [-0.2, 0) is 9.09 Å². The molecule has 1 heterocycles. The van der Waals surface area contributed by atoms with Gasteiger partial charge in [0.2, 0.25) is 0 Å². The Morgan fingerprint density at radius 2 is 2.29 bits per heavy atom. The second-order valence-corrected chi connectivity index (χ2v) is 4.67. The van der Waals surface area contributed by atoms with Gasteiger partial charge in [-0.25, -0.2) is 9.75 Å². The van der Waals surface area contributed by atoms with Crippen molar-refractivity contribution >= 4 is 30.9 Å². The summed E-state index contributed by atoms with van der Waals surface area (Å²) in [4.78, 5) is 0. The first-order valence-corrected chi connectivity index (χ1v) is 6.37. The molecule has 84 valence electrons.